The molecule has 0 saturated carbocycles. The number of ether oxygens (including phenoxy) is 2. The lowest BCUT2D eigenvalue weighted by molar-refractivity contribution is 0.174. The van der Waals surface area contributed by atoms with Gasteiger partial charge in [-0.05, 0) is 42.8 Å². The van der Waals surface area contributed by atoms with Gasteiger partial charge in [-0.3, -0.25) is 0 Å². The predicted octanol–water partition coefficient (Wildman–Crippen LogP) is 3.64. The van der Waals surface area contributed by atoms with Crippen molar-refractivity contribution in [3.05, 3.63) is 83.2 Å². The molecule has 1 aliphatic heterocycles. The van der Waals surface area contributed by atoms with Gasteiger partial charge in [0.05, 0.1) is 10.9 Å². The van der Waals surface area contributed by atoms with Crippen molar-refractivity contribution >= 4 is 10.0 Å². The summed E-state index contributed by atoms with van der Waals surface area (Å²) in [6.45, 7) is 1.85. The predicted molar refractivity (Wildman–Crippen MR) is 104 cm³/mol. The molecule has 1 aliphatic rings. The quantitative estimate of drug-likeness (QED) is 0.665. The molecule has 0 bridgehead atoms. The Labute approximate surface area is 167 Å². The van der Waals surface area contributed by atoms with Gasteiger partial charge in [-0.1, -0.05) is 29.8 Å². The van der Waals surface area contributed by atoms with Gasteiger partial charge in [-0.25, -0.2) is 12.8 Å². The summed E-state index contributed by atoms with van der Waals surface area (Å²) in [5.41, 5.74) is 1.46. The van der Waals surface area contributed by atoms with Crippen LogP contribution in [-0.4, -0.2) is 20.3 Å². The van der Waals surface area contributed by atoms with E-state index < -0.39 is 21.9 Å². The van der Waals surface area contributed by atoms with Crippen LogP contribution in [0.5, 0.6) is 17.2 Å². The Kier molecular flexibility index (Phi) is 4.89. The minimum absolute atomic E-state index is 0.00203. The number of rotatable bonds is 5. The van der Waals surface area contributed by atoms with Crippen LogP contribution in [0.4, 0.5) is 4.39 Å². The molecule has 3 aromatic carbocycles. The normalized spacial score (nSPS) is 14.0. The highest BCUT2D eigenvalue weighted by atomic mass is 32.2. The first-order valence-electron chi connectivity index (χ1n) is 8.80. The molecule has 8 heteroatoms. The van der Waals surface area contributed by atoms with E-state index in [4.69, 9.17) is 9.47 Å². The Morgan fingerprint density at radius 2 is 1.72 bits per heavy atom. The zero-order valence-electron chi connectivity index (χ0n) is 15.4. The van der Waals surface area contributed by atoms with Crippen LogP contribution in [0.3, 0.4) is 0 Å². The first kappa shape index (κ1) is 19.2. The standard InChI is InChI=1S/C21H18FNO5S/c1-13-5-7-16(8-6-13)29(25,26)23-21(14-3-2-4-15(22)9-14)17-10-19-20(11-18(17)24)28-12-27-19/h2-11,21,23-24H,12H2,1H3. The van der Waals surface area contributed by atoms with Gasteiger partial charge in [-0.2, -0.15) is 4.72 Å². The Morgan fingerprint density at radius 3 is 2.41 bits per heavy atom. The van der Waals surface area contributed by atoms with Crippen molar-refractivity contribution in [3.63, 3.8) is 0 Å². The number of phenolic OH excluding ortho intramolecular Hbond substituents is 1. The molecular formula is C21H18FNO5S. The molecule has 150 valence electrons. The molecule has 0 aromatic heterocycles. The van der Waals surface area contributed by atoms with Gasteiger partial charge in [0.25, 0.3) is 0 Å². The van der Waals surface area contributed by atoms with Crippen molar-refractivity contribution in [2.75, 3.05) is 6.79 Å². The lowest BCUT2D eigenvalue weighted by atomic mass is 9.98. The van der Waals surface area contributed by atoms with Crippen LogP contribution in [0.2, 0.25) is 0 Å². The number of sulfonamides is 1. The van der Waals surface area contributed by atoms with E-state index in [2.05, 4.69) is 4.72 Å². The van der Waals surface area contributed by atoms with Gasteiger partial charge in [0.2, 0.25) is 16.8 Å². The summed E-state index contributed by atoms with van der Waals surface area (Å²) < 4.78 is 53.0. The molecule has 2 N–H and O–H groups in total. The van der Waals surface area contributed by atoms with E-state index in [1.807, 2.05) is 6.92 Å². The van der Waals surface area contributed by atoms with Crippen molar-refractivity contribution in [2.24, 2.45) is 0 Å². The Morgan fingerprint density at radius 1 is 1.03 bits per heavy atom. The summed E-state index contributed by atoms with van der Waals surface area (Å²) in [5, 5.41) is 10.5. The Bertz CT molecular complexity index is 1160. The first-order chi connectivity index (χ1) is 13.8. The minimum atomic E-state index is -3.97. The van der Waals surface area contributed by atoms with Gasteiger partial charge in [0.1, 0.15) is 11.6 Å². The number of hydrogen-bond acceptors (Lipinski definition) is 5. The summed E-state index contributed by atoms with van der Waals surface area (Å²) in [5.74, 6) is -0.00300. The molecule has 0 radical (unpaired) electrons. The van der Waals surface area contributed by atoms with E-state index in [-0.39, 0.29) is 23.0 Å². The smallest absolute Gasteiger partial charge is 0.241 e. The maximum Gasteiger partial charge on any atom is 0.241 e. The number of phenols is 1. The van der Waals surface area contributed by atoms with E-state index in [0.717, 1.165) is 5.56 Å². The second-order valence-electron chi connectivity index (χ2n) is 6.69. The van der Waals surface area contributed by atoms with Crippen LogP contribution in [0, 0.1) is 12.7 Å². The number of fused-ring (bicyclic) bond motifs is 1. The number of aromatic hydroxyl groups is 1. The second kappa shape index (κ2) is 7.38. The zero-order chi connectivity index (χ0) is 20.6. The highest BCUT2D eigenvalue weighted by Crippen LogP contribution is 2.41. The first-order valence-corrected chi connectivity index (χ1v) is 10.3. The Hall–Kier alpha value is -3.10. The highest BCUT2D eigenvalue weighted by molar-refractivity contribution is 7.89. The van der Waals surface area contributed by atoms with Crippen LogP contribution in [-0.2, 0) is 10.0 Å². The lowest BCUT2D eigenvalue weighted by Crippen LogP contribution is -2.29. The number of halogens is 1. The number of nitrogens with one attached hydrogen (secondary N) is 1. The van der Waals surface area contributed by atoms with Crippen LogP contribution < -0.4 is 14.2 Å². The largest absolute Gasteiger partial charge is 0.507 e. The molecule has 6 nitrogen and oxygen atoms in total. The van der Waals surface area contributed by atoms with Crippen molar-refractivity contribution in [3.8, 4) is 17.2 Å². The maximum atomic E-state index is 13.9. The van der Waals surface area contributed by atoms with Crippen molar-refractivity contribution in [1.29, 1.82) is 0 Å². The molecular weight excluding hydrogens is 397 g/mol. The van der Waals surface area contributed by atoms with Crippen LogP contribution in [0.15, 0.2) is 65.6 Å². The Balaban J connectivity index is 1.81. The fourth-order valence-corrected chi connectivity index (χ4v) is 4.32. The molecule has 0 spiro atoms. The van der Waals surface area contributed by atoms with Gasteiger partial charge in [-0.15, -0.1) is 0 Å². The fourth-order valence-electron chi connectivity index (χ4n) is 3.12. The number of benzene rings is 3. The van der Waals surface area contributed by atoms with Crippen LogP contribution in [0.25, 0.3) is 0 Å². The minimum Gasteiger partial charge on any atom is -0.507 e. The summed E-state index contributed by atoms with van der Waals surface area (Å²) in [6.07, 6.45) is 0. The average molecular weight is 415 g/mol. The molecule has 1 unspecified atom stereocenters. The van der Waals surface area contributed by atoms with Gasteiger partial charge in [0.15, 0.2) is 11.5 Å². The number of hydrogen-bond donors (Lipinski definition) is 2. The molecule has 29 heavy (non-hydrogen) atoms. The molecule has 3 aromatic rings. The van der Waals surface area contributed by atoms with Crippen molar-refractivity contribution < 1.29 is 27.4 Å². The van der Waals surface area contributed by atoms with E-state index in [1.165, 1.54) is 42.5 Å². The summed E-state index contributed by atoms with van der Waals surface area (Å²) >= 11 is 0. The van der Waals surface area contributed by atoms with Gasteiger partial charge in [0, 0.05) is 11.6 Å². The maximum absolute atomic E-state index is 13.9. The SMILES string of the molecule is Cc1ccc(S(=O)(=O)NC(c2cccc(F)c2)c2cc3c(cc2O)OCO3)cc1. The molecule has 1 heterocycles. The van der Waals surface area contributed by atoms with Gasteiger partial charge < -0.3 is 14.6 Å². The fraction of sp³-hybridized carbons (Fsp3) is 0.143. The zero-order valence-corrected chi connectivity index (χ0v) is 16.2. The summed E-state index contributed by atoms with van der Waals surface area (Å²) in [7, 11) is -3.97. The van der Waals surface area contributed by atoms with Crippen LogP contribution >= 0.6 is 0 Å². The van der Waals surface area contributed by atoms with E-state index >= 15 is 0 Å². The molecule has 1 atom stereocenters. The third-order valence-electron chi connectivity index (χ3n) is 4.62. The molecule has 0 aliphatic carbocycles. The van der Waals surface area contributed by atoms with E-state index in [0.29, 0.717) is 17.1 Å². The van der Waals surface area contributed by atoms with Gasteiger partial charge >= 0.3 is 0 Å². The summed E-state index contributed by atoms with van der Waals surface area (Å²) in [6, 6.07) is 13.7. The molecule has 0 saturated heterocycles. The third kappa shape index (κ3) is 3.90. The lowest BCUT2D eigenvalue weighted by Gasteiger charge is -2.21. The monoisotopic (exact) mass is 415 g/mol. The highest BCUT2D eigenvalue weighted by Gasteiger charge is 2.28. The van der Waals surface area contributed by atoms with E-state index in [1.54, 1.807) is 18.2 Å². The number of aryl methyl sites for hydroxylation is 1. The van der Waals surface area contributed by atoms with Crippen molar-refractivity contribution in [2.45, 2.75) is 17.9 Å². The second-order valence-corrected chi connectivity index (χ2v) is 8.40. The molecule has 0 amide bonds. The molecule has 4 rings (SSSR count). The third-order valence-corrected chi connectivity index (χ3v) is 6.06. The van der Waals surface area contributed by atoms with Crippen molar-refractivity contribution in [1.82, 2.24) is 4.72 Å². The molecule has 0 fully saturated rings. The average Bonchev–Trinajstić information content (AvgIpc) is 3.13. The van der Waals surface area contributed by atoms with E-state index in [9.17, 15) is 17.9 Å². The van der Waals surface area contributed by atoms with Crippen LogP contribution in [0.1, 0.15) is 22.7 Å². The summed E-state index contributed by atoms with van der Waals surface area (Å²) in [4.78, 5) is 0.0599. The topological polar surface area (TPSA) is 84.9 Å².